The highest BCUT2D eigenvalue weighted by atomic mass is 16.6. The molecule has 0 aromatic heterocycles. The largest absolute Gasteiger partial charge is 0.467 e. The van der Waals surface area contributed by atoms with Gasteiger partial charge in [0.1, 0.15) is 36.0 Å². The lowest BCUT2D eigenvalue weighted by molar-refractivity contribution is -0.146. The van der Waals surface area contributed by atoms with Gasteiger partial charge in [0.05, 0.1) is 7.11 Å². The maximum Gasteiger partial charge on any atom is 0.408 e. The van der Waals surface area contributed by atoms with E-state index < -0.39 is 59.6 Å². The molecule has 0 bridgehead atoms. The van der Waals surface area contributed by atoms with Gasteiger partial charge in [0.2, 0.25) is 11.8 Å². The number of carbonyl (C=O) groups is 6. The summed E-state index contributed by atoms with van der Waals surface area (Å²) < 4.78 is 15.3. The standard InChI is InChI=1S/C34H53N5O9/c1-20(2)25(37-30(42)26(21(3)4)39-33(45)48-34(7,8)9)29(41)36-24(28(40)38-27(22(5)6)31(43)46-10)17-14-18-35-32(44)47-19-23-15-12-11-13-16-23/h11-13,15-16,21-22,24,26-27H,14,17-19H2,1-10H3,(H,35,44)(H,36,41)(H,37,42)(H,38,40)(H,39,45)/t24-,26+,27-/m1/s1. The number of nitrogens with one attached hydrogen (secondary N) is 5. The third-order valence-electron chi connectivity index (χ3n) is 6.79. The number of hydrogen-bond acceptors (Lipinski definition) is 9. The Morgan fingerprint density at radius 1 is 0.792 bits per heavy atom. The average Bonchev–Trinajstić information content (AvgIpc) is 3.00. The van der Waals surface area contributed by atoms with Gasteiger partial charge in [0.25, 0.3) is 5.91 Å². The van der Waals surface area contributed by atoms with Crippen LogP contribution >= 0.6 is 0 Å². The molecule has 0 spiro atoms. The molecule has 48 heavy (non-hydrogen) atoms. The Kier molecular flexibility index (Phi) is 17.2. The summed E-state index contributed by atoms with van der Waals surface area (Å²) in [6.07, 6.45) is -1.14. The number of esters is 1. The Labute approximate surface area is 283 Å². The fourth-order valence-electron chi connectivity index (χ4n) is 4.23. The quantitative estimate of drug-likeness (QED) is 0.0756. The van der Waals surface area contributed by atoms with Crippen LogP contribution in [-0.4, -0.2) is 73.3 Å². The maximum absolute atomic E-state index is 13.6. The Bertz CT molecular complexity index is 1290. The van der Waals surface area contributed by atoms with Crippen LogP contribution in [0.3, 0.4) is 0 Å². The second kappa shape index (κ2) is 19.9. The molecule has 0 aliphatic carbocycles. The van der Waals surface area contributed by atoms with Gasteiger partial charge < -0.3 is 40.8 Å². The third-order valence-corrected chi connectivity index (χ3v) is 6.79. The molecule has 1 rings (SSSR count). The highest BCUT2D eigenvalue weighted by Gasteiger charge is 2.32. The molecule has 0 aliphatic heterocycles. The van der Waals surface area contributed by atoms with Gasteiger partial charge >= 0.3 is 18.2 Å². The second-order valence-electron chi connectivity index (χ2n) is 13.1. The topological polar surface area (TPSA) is 190 Å². The summed E-state index contributed by atoms with van der Waals surface area (Å²) in [4.78, 5) is 77.2. The van der Waals surface area contributed by atoms with Crippen LogP contribution in [0.2, 0.25) is 0 Å². The highest BCUT2D eigenvalue weighted by Crippen LogP contribution is 2.12. The molecule has 5 amide bonds. The first-order valence-corrected chi connectivity index (χ1v) is 16.0. The van der Waals surface area contributed by atoms with Crippen LogP contribution in [0.4, 0.5) is 9.59 Å². The Morgan fingerprint density at radius 3 is 1.92 bits per heavy atom. The summed E-state index contributed by atoms with van der Waals surface area (Å²) in [6.45, 7) is 15.4. The van der Waals surface area contributed by atoms with E-state index in [1.807, 2.05) is 30.3 Å². The predicted octanol–water partition coefficient (Wildman–Crippen LogP) is 3.45. The molecule has 0 saturated heterocycles. The van der Waals surface area contributed by atoms with E-state index in [0.717, 1.165) is 5.56 Å². The summed E-state index contributed by atoms with van der Waals surface area (Å²) in [7, 11) is 1.21. The number of alkyl carbamates (subject to hydrolysis) is 2. The monoisotopic (exact) mass is 675 g/mol. The van der Waals surface area contributed by atoms with Crippen molar-refractivity contribution in [3.8, 4) is 0 Å². The fraction of sp³-hybridized carbons (Fsp3) is 0.588. The number of carbonyl (C=O) groups excluding carboxylic acids is 6. The average molecular weight is 676 g/mol. The molecule has 0 saturated carbocycles. The SMILES string of the molecule is COC(=O)[C@H](NC(=O)[C@@H](CCCNC(=O)OCc1ccccc1)NC(=O)C(NC(=O)[C@@H](NC(=O)OC(C)(C)C)C(C)C)=C(C)C)C(C)C. The minimum atomic E-state index is -1.17. The fourth-order valence-corrected chi connectivity index (χ4v) is 4.23. The van der Waals surface area contributed by atoms with Gasteiger partial charge in [-0.05, 0) is 70.4 Å². The third kappa shape index (κ3) is 15.3. The summed E-state index contributed by atoms with van der Waals surface area (Å²) >= 11 is 0. The van der Waals surface area contributed by atoms with E-state index in [0.29, 0.717) is 5.57 Å². The predicted molar refractivity (Wildman–Crippen MR) is 179 cm³/mol. The van der Waals surface area contributed by atoms with Crippen LogP contribution in [0, 0.1) is 11.8 Å². The molecule has 268 valence electrons. The van der Waals surface area contributed by atoms with Crippen molar-refractivity contribution in [2.45, 2.75) is 105 Å². The van der Waals surface area contributed by atoms with Crippen molar-refractivity contribution in [2.24, 2.45) is 11.8 Å². The molecule has 3 atom stereocenters. The van der Waals surface area contributed by atoms with E-state index in [2.05, 4.69) is 26.6 Å². The van der Waals surface area contributed by atoms with Crippen LogP contribution in [0.25, 0.3) is 0 Å². The van der Waals surface area contributed by atoms with Crippen LogP contribution in [0.5, 0.6) is 0 Å². The van der Waals surface area contributed by atoms with Gasteiger partial charge in [-0.15, -0.1) is 0 Å². The number of hydrogen-bond donors (Lipinski definition) is 5. The number of amides is 5. The number of methoxy groups -OCH3 is 1. The lowest BCUT2D eigenvalue weighted by atomic mass is 10.0. The van der Waals surface area contributed by atoms with E-state index in [1.54, 1.807) is 62.3 Å². The summed E-state index contributed by atoms with van der Waals surface area (Å²) in [5, 5.41) is 13.0. The zero-order valence-electron chi connectivity index (χ0n) is 29.8. The Balaban J connectivity index is 3.07. The maximum atomic E-state index is 13.6. The molecular weight excluding hydrogens is 622 g/mol. The summed E-state index contributed by atoms with van der Waals surface area (Å²) in [6, 6.07) is 5.96. The van der Waals surface area contributed by atoms with Crippen molar-refractivity contribution in [3.63, 3.8) is 0 Å². The highest BCUT2D eigenvalue weighted by molar-refractivity contribution is 6.01. The van der Waals surface area contributed by atoms with E-state index in [4.69, 9.17) is 14.2 Å². The minimum absolute atomic E-state index is 0.0569. The molecular formula is C34H53N5O9. The van der Waals surface area contributed by atoms with Gasteiger partial charge in [0, 0.05) is 6.54 Å². The summed E-state index contributed by atoms with van der Waals surface area (Å²) in [5.74, 6) is -3.43. The molecule has 5 N–H and O–H groups in total. The summed E-state index contributed by atoms with van der Waals surface area (Å²) in [5.41, 5.74) is 0.339. The molecule has 14 heteroatoms. The van der Waals surface area contributed by atoms with Crippen LogP contribution in [-0.2, 0) is 40.0 Å². The van der Waals surface area contributed by atoms with E-state index in [-0.39, 0.29) is 43.5 Å². The van der Waals surface area contributed by atoms with E-state index in [9.17, 15) is 28.8 Å². The van der Waals surface area contributed by atoms with Crippen molar-refractivity contribution in [3.05, 3.63) is 47.2 Å². The normalized spacial score (nSPS) is 12.9. The number of benzene rings is 1. The van der Waals surface area contributed by atoms with Gasteiger partial charge in [-0.25, -0.2) is 14.4 Å². The zero-order chi connectivity index (χ0) is 36.6. The van der Waals surface area contributed by atoms with Crippen molar-refractivity contribution in [1.82, 2.24) is 26.6 Å². The van der Waals surface area contributed by atoms with E-state index in [1.165, 1.54) is 7.11 Å². The zero-order valence-corrected chi connectivity index (χ0v) is 29.8. The molecule has 1 aromatic carbocycles. The van der Waals surface area contributed by atoms with Crippen molar-refractivity contribution < 1.29 is 43.0 Å². The molecule has 0 fully saturated rings. The molecule has 0 aliphatic rings. The first kappa shape index (κ1) is 41.4. The lowest BCUT2D eigenvalue weighted by Crippen LogP contribution is -2.55. The smallest absolute Gasteiger partial charge is 0.408 e. The van der Waals surface area contributed by atoms with Gasteiger partial charge in [-0.2, -0.15) is 0 Å². The van der Waals surface area contributed by atoms with Crippen molar-refractivity contribution in [2.75, 3.05) is 13.7 Å². The van der Waals surface area contributed by atoms with Crippen LogP contribution in [0.1, 0.15) is 80.7 Å². The molecule has 0 heterocycles. The molecule has 1 aromatic rings. The van der Waals surface area contributed by atoms with Gasteiger partial charge in [-0.1, -0.05) is 58.0 Å². The first-order chi connectivity index (χ1) is 22.4. The number of ether oxygens (including phenoxy) is 3. The Hall–Kier alpha value is -4.62. The van der Waals surface area contributed by atoms with Crippen molar-refractivity contribution >= 4 is 35.9 Å². The van der Waals surface area contributed by atoms with Crippen LogP contribution in [0.15, 0.2) is 41.6 Å². The number of rotatable bonds is 16. The minimum Gasteiger partial charge on any atom is -0.467 e. The van der Waals surface area contributed by atoms with Gasteiger partial charge in [-0.3, -0.25) is 14.4 Å². The first-order valence-electron chi connectivity index (χ1n) is 16.0. The molecule has 14 nitrogen and oxygen atoms in total. The van der Waals surface area contributed by atoms with Crippen molar-refractivity contribution in [1.29, 1.82) is 0 Å². The molecule has 0 unspecified atom stereocenters. The number of allylic oxidation sites excluding steroid dienone is 1. The molecule has 0 radical (unpaired) electrons. The van der Waals surface area contributed by atoms with Gasteiger partial charge in [0.15, 0.2) is 0 Å². The van der Waals surface area contributed by atoms with Crippen LogP contribution < -0.4 is 26.6 Å². The van der Waals surface area contributed by atoms with E-state index >= 15 is 0 Å². The second-order valence-corrected chi connectivity index (χ2v) is 13.1. The lowest BCUT2D eigenvalue weighted by Gasteiger charge is -2.26. The Morgan fingerprint density at radius 2 is 1.40 bits per heavy atom.